The first-order chi connectivity index (χ1) is 13.1. The van der Waals surface area contributed by atoms with Gasteiger partial charge in [-0.15, -0.1) is 0 Å². The number of hydrogen-bond acceptors (Lipinski definition) is 3. The fourth-order valence-electron chi connectivity index (χ4n) is 2.76. The number of aliphatic hydroxyl groups is 1. The molecule has 0 fully saturated rings. The van der Waals surface area contributed by atoms with Crippen LogP contribution in [0.1, 0.15) is 27.0 Å². The number of hydrogen-bond donors (Lipinski definition) is 3. The molecule has 2 aromatic carbocycles. The van der Waals surface area contributed by atoms with E-state index < -0.39 is 40.8 Å². The Morgan fingerprint density at radius 1 is 1.00 bits per heavy atom. The summed E-state index contributed by atoms with van der Waals surface area (Å²) in [5.74, 6) is -2.03. The zero-order valence-corrected chi connectivity index (χ0v) is 15.0. The highest BCUT2D eigenvalue weighted by atomic mass is 19.4. The second-order valence-corrected chi connectivity index (χ2v) is 6.35. The van der Waals surface area contributed by atoms with E-state index in [1.54, 1.807) is 0 Å². The number of nitrogens with two attached hydrogens (primary N) is 1. The molecule has 0 saturated carbocycles. The van der Waals surface area contributed by atoms with Crippen LogP contribution in [0.5, 0.6) is 0 Å². The Morgan fingerprint density at radius 3 is 1.93 bits per heavy atom. The summed E-state index contributed by atoms with van der Waals surface area (Å²) in [7, 11) is 0. The minimum atomic E-state index is -6.04. The maximum absolute atomic E-state index is 14.0. The minimum absolute atomic E-state index is 0.132. The maximum atomic E-state index is 14.0. The van der Waals surface area contributed by atoms with Crippen LogP contribution in [-0.2, 0) is 5.60 Å². The average Bonchev–Trinajstić information content (AvgIpc) is 2.57. The quantitative estimate of drug-likeness (QED) is 0.499. The standard InChI is InChI=1S/C18H15F7N2O2/c1-8-6-10(16(29,17(20,21)22)18(23,24)25)7-9(2)14(8)27-15(28)11-4-3-5-12(26)13(11)19/h3-7,29H,26H2,1-2H3,(H,27,28). The fraction of sp³-hybridized carbons (Fsp3) is 0.278. The van der Waals surface area contributed by atoms with Crippen molar-refractivity contribution in [1.82, 2.24) is 0 Å². The van der Waals surface area contributed by atoms with Crippen LogP contribution in [0.4, 0.5) is 42.1 Å². The number of benzene rings is 2. The summed E-state index contributed by atoms with van der Waals surface area (Å²) in [5, 5.41) is 11.8. The number of carbonyl (C=O) groups is 1. The molecule has 0 aliphatic rings. The number of aryl methyl sites for hydroxylation is 2. The number of halogens is 7. The van der Waals surface area contributed by atoms with E-state index in [0.29, 0.717) is 12.1 Å². The molecule has 0 spiro atoms. The monoisotopic (exact) mass is 424 g/mol. The molecule has 0 aliphatic heterocycles. The molecule has 0 aliphatic carbocycles. The number of alkyl halides is 6. The third-order valence-electron chi connectivity index (χ3n) is 4.28. The van der Waals surface area contributed by atoms with Crippen molar-refractivity contribution in [3.05, 3.63) is 58.4 Å². The SMILES string of the molecule is Cc1cc(C(O)(C(F)(F)F)C(F)(F)F)cc(C)c1NC(=O)c1cccc(N)c1F. The Bertz CT molecular complexity index is 915. The Balaban J connectivity index is 2.52. The lowest BCUT2D eigenvalue weighted by Crippen LogP contribution is -2.54. The van der Waals surface area contributed by atoms with Crippen LogP contribution in [0, 0.1) is 19.7 Å². The lowest BCUT2D eigenvalue weighted by Gasteiger charge is -2.33. The molecule has 4 N–H and O–H groups in total. The van der Waals surface area contributed by atoms with Gasteiger partial charge in [-0.05, 0) is 37.1 Å². The highest BCUT2D eigenvalue weighted by Gasteiger charge is 2.71. The number of rotatable bonds is 3. The number of carbonyl (C=O) groups excluding carboxylic acids is 1. The van der Waals surface area contributed by atoms with Crippen molar-refractivity contribution >= 4 is 17.3 Å². The van der Waals surface area contributed by atoms with Gasteiger partial charge in [0, 0.05) is 11.3 Å². The van der Waals surface area contributed by atoms with Crippen molar-refractivity contribution < 1.29 is 40.6 Å². The van der Waals surface area contributed by atoms with E-state index in [0.717, 1.165) is 19.9 Å². The molecule has 158 valence electrons. The first-order valence-electron chi connectivity index (χ1n) is 7.94. The van der Waals surface area contributed by atoms with E-state index in [-0.39, 0.29) is 22.5 Å². The third kappa shape index (κ3) is 3.86. The van der Waals surface area contributed by atoms with E-state index in [2.05, 4.69) is 5.32 Å². The first kappa shape index (κ1) is 22.5. The van der Waals surface area contributed by atoms with Crippen molar-refractivity contribution in [1.29, 1.82) is 0 Å². The van der Waals surface area contributed by atoms with Crippen LogP contribution >= 0.6 is 0 Å². The van der Waals surface area contributed by atoms with E-state index in [1.165, 1.54) is 12.1 Å². The normalized spacial score (nSPS) is 12.8. The van der Waals surface area contributed by atoms with Gasteiger partial charge in [0.2, 0.25) is 0 Å². The molecule has 4 nitrogen and oxygen atoms in total. The van der Waals surface area contributed by atoms with Gasteiger partial charge in [0.1, 0.15) is 0 Å². The summed E-state index contributed by atoms with van der Waals surface area (Å²) < 4.78 is 92.4. The lowest BCUT2D eigenvalue weighted by molar-refractivity contribution is -0.376. The summed E-state index contributed by atoms with van der Waals surface area (Å²) in [5.41, 5.74) is -2.51. The van der Waals surface area contributed by atoms with Gasteiger partial charge in [-0.1, -0.05) is 18.2 Å². The van der Waals surface area contributed by atoms with E-state index in [1.807, 2.05) is 0 Å². The topological polar surface area (TPSA) is 75.3 Å². The van der Waals surface area contributed by atoms with Crippen molar-refractivity contribution in [2.45, 2.75) is 31.8 Å². The van der Waals surface area contributed by atoms with Crippen molar-refractivity contribution in [2.75, 3.05) is 11.1 Å². The first-order valence-corrected chi connectivity index (χ1v) is 7.94. The predicted octanol–water partition coefficient (Wildman–Crippen LogP) is 4.59. The Kier molecular flexibility index (Phi) is 5.59. The average molecular weight is 424 g/mol. The van der Waals surface area contributed by atoms with Crippen molar-refractivity contribution in [2.24, 2.45) is 0 Å². The van der Waals surface area contributed by atoms with Gasteiger partial charge < -0.3 is 16.2 Å². The largest absolute Gasteiger partial charge is 0.430 e. The molecule has 29 heavy (non-hydrogen) atoms. The van der Waals surface area contributed by atoms with Crippen LogP contribution in [-0.4, -0.2) is 23.4 Å². The fourth-order valence-corrected chi connectivity index (χ4v) is 2.76. The van der Waals surface area contributed by atoms with Gasteiger partial charge in [-0.25, -0.2) is 4.39 Å². The summed E-state index contributed by atoms with van der Waals surface area (Å²) in [6.45, 7) is 2.27. The molecule has 11 heteroatoms. The third-order valence-corrected chi connectivity index (χ3v) is 4.28. The smallest absolute Gasteiger partial charge is 0.396 e. The second kappa shape index (κ2) is 7.21. The van der Waals surface area contributed by atoms with Crippen molar-refractivity contribution in [3.63, 3.8) is 0 Å². The number of amides is 1. The Morgan fingerprint density at radius 2 is 1.48 bits per heavy atom. The van der Waals surface area contributed by atoms with E-state index in [9.17, 15) is 40.6 Å². The number of nitrogen functional groups attached to an aromatic ring is 1. The summed E-state index contributed by atoms with van der Waals surface area (Å²) in [6.07, 6.45) is -12.1. The maximum Gasteiger partial charge on any atom is 0.430 e. The molecular weight excluding hydrogens is 409 g/mol. The molecule has 0 bridgehead atoms. The van der Waals surface area contributed by atoms with Crippen LogP contribution in [0.2, 0.25) is 0 Å². The molecule has 0 aromatic heterocycles. The van der Waals surface area contributed by atoms with E-state index in [4.69, 9.17) is 5.73 Å². The van der Waals surface area contributed by atoms with E-state index >= 15 is 0 Å². The molecule has 2 rings (SSSR count). The lowest BCUT2D eigenvalue weighted by atomic mass is 9.89. The van der Waals surface area contributed by atoms with Crippen LogP contribution in [0.15, 0.2) is 30.3 Å². The van der Waals surface area contributed by atoms with Crippen molar-refractivity contribution in [3.8, 4) is 0 Å². The highest BCUT2D eigenvalue weighted by Crippen LogP contribution is 2.50. The number of nitrogens with one attached hydrogen (secondary N) is 1. The minimum Gasteiger partial charge on any atom is -0.396 e. The van der Waals surface area contributed by atoms with Gasteiger partial charge in [-0.3, -0.25) is 4.79 Å². The van der Waals surface area contributed by atoms with Gasteiger partial charge in [0.05, 0.1) is 11.3 Å². The molecular formula is C18H15F7N2O2. The molecule has 0 radical (unpaired) electrons. The molecule has 1 amide bonds. The summed E-state index contributed by atoms with van der Waals surface area (Å²) in [6, 6.07) is 4.51. The molecule has 2 aromatic rings. The van der Waals surface area contributed by atoms with Gasteiger partial charge in [0.25, 0.3) is 11.5 Å². The van der Waals surface area contributed by atoms with Gasteiger partial charge in [-0.2, -0.15) is 26.3 Å². The zero-order chi connectivity index (χ0) is 22.4. The molecule has 0 heterocycles. The van der Waals surface area contributed by atoms with Crippen LogP contribution < -0.4 is 11.1 Å². The van der Waals surface area contributed by atoms with Crippen LogP contribution in [0.3, 0.4) is 0 Å². The molecule has 0 saturated heterocycles. The zero-order valence-electron chi connectivity index (χ0n) is 15.0. The van der Waals surface area contributed by atoms with Gasteiger partial charge >= 0.3 is 12.4 Å². The highest BCUT2D eigenvalue weighted by molar-refractivity contribution is 6.05. The van der Waals surface area contributed by atoms with Crippen LogP contribution in [0.25, 0.3) is 0 Å². The summed E-state index contributed by atoms with van der Waals surface area (Å²) in [4.78, 5) is 12.3. The number of anilines is 2. The molecule has 0 atom stereocenters. The molecule has 0 unspecified atom stereocenters. The second-order valence-electron chi connectivity index (χ2n) is 6.35. The summed E-state index contributed by atoms with van der Waals surface area (Å²) >= 11 is 0. The van der Waals surface area contributed by atoms with Gasteiger partial charge in [0.15, 0.2) is 5.82 Å². The Labute approximate surface area is 160 Å². The Hall–Kier alpha value is -2.82. The predicted molar refractivity (Wildman–Crippen MR) is 90.7 cm³/mol.